The Morgan fingerprint density at radius 1 is 1.50 bits per heavy atom. The van der Waals surface area contributed by atoms with Crippen LogP contribution in [0.4, 0.5) is 0 Å². The summed E-state index contributed by atoms with van der Waals surface area (Å²) in [5.41, 5.74) is 0. The third-order valence-electron chi connectivity index (χ3n) is 0. The van der Waals surface area contributed by atoms with Crippen LogP contribution < -0.4 is 68.9 Å². The topological polar surface area (TPSA) is 54.4 Å². The van der Waals surface area contributed by atoms with Crippen molar-refractivity contribution in [1.29, 1.82) is 0 Å². The van der Waals surface area contributed by atoms with E-state index in [0.29, 0.717) is 0 Å². The molecule has 0 heterocycles. The van der Waals surface area contributed by atoms with Gasteiger partial charge in [-0.2, -0.15) is 6.26 Å². The van der Waals surface area contributed by atoms with Gasteiger partial charge in [-0.25, -0.2) is 8.42 Å². The normalized spacial score (nSPS) is 9.67. The van der Waals surface area contributed by atoms with Crippen molar-refractivity contribution in [3.05, 3.63) is 6.26 Å². The number of hydrogen-bond donors (Lipinski definition) is 1. The molecular weight excluding hydrogens is 225 g/mol. The molecule has 0 atom stereocenters. The van der Waals surface area contributed by atoms with Crippen LogP contribution in [0.1, 0.15) is 0 Å². The van der Waals surface area contributed by atoms with Crippen LogP contribution in [0.25, 0.3) is 0 Å². The molecule has 3 nitrogen and oxygen atoms in total. The molecule has 0 saturated heterocycles. The second-order valence-corrected chi connectivity index (χ2v) is 1.75. The molecule has 0 spiro atoms. The van der Waals surface area contributed by atoms with Gasteiger partial charge in [0.05, 0.1) is 0 Å². The van der Waals surface area contributed by atoms with Gasteiger partial charge in [-0.05, 0) is 0 Å². The van der Waals surface area contributed by atoms with Crippen LogP contribution in [0.5, 0.6) is 0 Å². The number of rotatable bonds is 0. The molecule has 32 valence electrons. The van der Waals surface area contributed by atoms with Crippen molar-refractivity contribution in [3.8, 4) is 0 Å². The predicted octanol–water partition coefficient (Wildman–Crippen LogP) is -3.33. The Morgan fingerprint density at radius 3 is 1.50 bits per heavy atom. The standard InChI is InChI=1S/CH3O3S.Cs/c1-5(2,3)4;/h1H2,(H,2,3,4);/q-1;+1. The summed E-state index contributed by atoms with van der Waals surface area (Å²) in [6.45, 7) is 0. The van der Waals surface area contributed by atoms with Crippen LogP contribution in [-0.2, 0) is 10.1 Å². The average Bonchev–Trinajstić information content (AvgIpc) is 0.722. The summed E-state index contributed by atoms with van der Waals surface area (Å²) >= 11 is 0. The summed E-state index contributed by atoms with van der Waals surface area (Å²) in [6.07, 6.45) is 2.30. The summed E-state index contributed by atoms with van der Waals surface area (Å²) in [7, 11) is -3.92. The largest absolute Gasteiger partial charge is 1.00 e. The molecule has 0 bridgehead atoms. The average molecular weight is 228 g/mol. The Morgan fingerprint density at radius 2 is 1.50 bits per heavy atom. The van der Waals surface area contributed by atoms with Gasteiger partial charge in [0.15, 0.2) is 0 Å². The van der Waals surface area contributed by atoms with E-state index in [1.165, 1.54) is 0 Å². The molecule has 1 N–H and O–H groups in total. The van der Waals surface area contributed by atoms with Gasteiger partial charge >= 0.3 is 68.9 Å². The van der Waals surface area contributed by atoms with E-state index in [4.69, 9.17) is 13.0 Å². The van der Waals surface area contributed by atoms with Gasteiger partial charge in [0.1, 0.15) is 10.1 Å². The van der Waals surface area contributed by atoms with Crippen LogP contribution in [0.3, 0.4) is 0 Å². The van der Waals surface area contributed by atoms with Crippen molar-refractivity contribution in [1.82, 2.24) is 0 Å². The molecular formula is CH3CsO3S. The Labute approximate surface area is 95.7 Å². The van der Waals surface area contributed by atoms with Crippen molar-refractivity contribution in [2.45, 2.75) is 0 Å². The van der Waals surface area contributed by atoms with Gasteiger partial charge in [0, 0.05) is 0 Å². The SMILES string of the molecule is [CH2-]S(=O)(=O)O.[Cs+]. The van der Waals surface area contributed by atoms with E-state index in [1.807, 2.05) is 0 Å². The second-order valence-electron chi connectivity index (χ2n) is 0.582. The van der Waals surface area contributed by atoms with E-state index in [2.05, 4.69) is 6.26 Å². The first-order valence-electron chi connectivity index (χ1n) is 0.805. The molecule has 0 aliphatic rings. The molecule has 0 unspecified atom stereocenters. The molecule has 0 rings (SSSR count). The van der Waals surface area contributed by atoms with Crippen LogP contribution in [-0.4, -0.2) is 13.0 Å². The maximum Gasteiger partial charge on any atom is 1.00 e. The predicted molar refractivity (Wildman–Crippen MR) is 16.9 cm³/mol. The van der Waals surface area contributed by atoms with E-state index in [-0.39, 0.29) is 68.9 Å². The fraction of sp³-hybridized carbons (Fsp3) is 0. The Hall–Kier alpha value is 1.96. The molecule has 5 heteroatoms. The van der Waals surface area contributed by atoms with Crippen molar-refractivity contribution < 1.29 is 81.9 Å². The van der Waals surface area contributed by atoms with Crippen LogP contribution in [0, 0.1) is 6.26 Å². The van der Waals surface area contributed by atoms with Gasteiger partial charge in [0.25, 0.3) is 0 Å². The van der Waals surface area contributed by atoms with Crippen molar-refractivity contribution in [3.63, 3.8) is 0 Å². The van der Waals surface area contributed by atoms with Crippen molar-refractivity contribution in [2.75, 3.05) is 0 Å². The quantitative estimate of drug-likeness (QED) is 0.348. The Bertz CT molecular complexity index is 94.0. The minimum absolute atomic E-state index is 0. The van der Waals surface area contributed by atoms with Crippen LogP contribution >= 0.6 is 0 Å². The van der Waals surface area contributed by atoms with E-state index < -0.39 is 10.1 Å². The third-order valence-corrected chi connectivity index (χ3v) is 0. The molecule has 0 radical (unpaired) electrons. The van der Waals surface area contributed by atoms with E-state index >= 15 is 0 Å². The summed E-state index contributed by atoms with van der Waals surface area (Å²) < 4.78 is 25.5. The minimum atomic E-state index is -3.92. The maximum atomic E-state index is 9.08. The van der Waals surface area contributed by atoms with Gasteiger partial charge in [-0.15, -0.1) is 0 Å². The molecule has 0 fully saturated rings. The Kier molecular flexibility index (Phi) is 7.06. The summed E-state index contributed by atoms with van der Waals surface area (Å²) in [5, 5.41) is 0. The molecule has 6 heavy (non-hydrogen) atoms. The fourth-order valence-corrected chi connectivity index (χ4v) is 0. The van der Waals surface area contributed by atoms with Gasteiger partial charge in [-0.1, -0.05) is 0 Å². The maximum absolute atomic E-state index is 9.08. The van der Waals surface area contributed by atoms with E-state index in [0.717, 1.165) is 0 Å². The number of hydrogen-bond acceptors (Lipinski definition) is 2. The van der Waals surface area contributed by atoms with Crippen molar-refractivity contribution >= 4 is 10.1 Å². The van der Waals surface area contributed by atoms with Crippen molar-refractivity contribution in [2.24, 2.45) is 0 Å². The molecule has 0 aliphatic heterocycles. The monoisotopic (exact) mass is 228 g/mol. The van der Waals surface area contributed by atoms with Crippen LogP contribution in [0.15, 0.2) is 0 Å². The zero-order valence-corrected chi connectivity index (χ0v) is 10.5. The molecule has 0 amide bonds. The zero-order valence-electron chi connectivity index (χ0n) is 3.38. The smallest absolute Gasteiger partial charge is 0.310 e. The second kappa shape index (κ2) is 3.90. The molecule has 0 aromatic carbocycles. The first-order chi connectivity index (χ1) is 2.00. The van der Waals surface area contributed by atoms with E-state index in [1.54, 1.807) is 0 Å². The van der Waals surface area contributed by atoms with Gasteiger partial charge < -0.3 is 4.55 Å². The zero-order chi connectivity index (χ0) is 4.50. The molecule has 0 aromatic rings. The summed E-state index contributed by atoms with van der Waals surface area (Å²) in [4.78, 5) is 0. The first-order valence-corrected chi connectivity index (χ1v) is 2.41. The van der Waals surface area contributed by atoms with E-state index in [9.17, 15) is 0 Å². The first kappa shape index (κ1) is 10.9. The Balaban J connectivity index is 0. The molecule has 0 aliphatic carbocycles. The molecule has 0 aromatic heterocycles. The summed E-state index contributed by atoms with van der Waals surface area (Å²) in [6, 6.07) is 0. The van der Waals surface area contributed by atoms with Crippen LogP contribution in [0.2, 0.25) is 0 Å². The molecule has 0 saturated carbocycles. The minimum Gasteiger partial charge on any atom is -0.310 e. The fourth-order valence-electron chi connectivity index (χ4n) is 0. The van der Waals surface area contributed by atoms with Gasteiger partial charge in [0.2, 0.25) is 0 Å². The third kappa shape index (κ3) is 38.1. The van der Waals surface area contributed by atoms with Gasteiger partial charge in [-0.3, -0.25) is 0 Å². The summed E-state index contributed by atoms with van der Waals surface area (Å²) in [5.74, 6) is 0.